The number of carbonyl (C=O) groups is 2. The number of carbonyl (C=O) groups excluding carboxylic acids is 1. The van der Waals surface area contributed by atoms with Crippen LogP contribution in [0.2, 0.25) is 0 Å². The van der Waals surface area contributed by atoms with E-state index in [-0.39, 0.29) is 5.91 Å². The second kappa shape index (κ2) is 4.79. The summed E-state index contributed by atoms with van der Waals surface area (Å²) in [6.07, 6.45) is 1.70. The van der Waals surface area contributed by atoms with Crippen LogP contribution < -0.4 is 4.90 Å². The lowest BCUT2D eigenvalue weighted by molar-refractivity contribution is -0.138. The zero-order valence-electron chi connectivity index (χ0n) is 10.2. The summed E-state index contributed by atoms with van der Waals surface area (Å²) in [4.78, 5) is 25.3. The van der Waals surface area contributed by atoms with E-state index in [1.807, 2.05) is 12.1 Å². The van der Waals surface area contributed by atoms with E-state index in [4.69, 9.17) is 4.42 Å². The minimum Gasteiger partial charge on any atom is -0.480 e. The lowest BCUT2D eigenvalue weighted by Crippen LogP contribution is -2.42. The van der Waals surface area contributed by atoms with E-state index in [0.717, 1.165) is 5.56 Å². The summed E-state index contributed by atoms with van der Waals surface area (Å²) < 4.78 is 5.35. The van der Waals surface area contributed by atoms with Gasteiger partial charge in [-0.1, -0.05) is 18.2 Å². The van der Waals surface area contributed by atoms with E-state index in [9.17, 15) is 14.7 Å². The third-order valence-corrected chi connectivity index (χ3v) is 3.94. The van der Waals surface area contributed by atoms with Crippen LogP contribution in [0.5, 0.6) is 0 Å². The fourth-order valence-electron chi connectivity index (χ4n) is 2.41. The standard InChI is InChI=1S/C14H10BrNO4/c15-12-9(5-6-20-12)13(17)16-10-4-2-1-3-8(10)7-11(16)14(18)19/h1-6,11H,7H2,(H,18,19)/t11-/m0/s1. The van der Waals surface area contributed by atoms with Gasteiger partial charge in [-0.2, -0.15) is 0 Å². The Hall–Kier alpha value is -2.08. The van der Waals surface area contributed by atoms with Gasteiger partial charge in [0, 0.05) is 12.1 Å². The molecule has 1 amide bonds. The van der Waals surface area contributed by atoms with Crippen LogP contribution in [0.3, 0.4) is 0 Å². The third kappa shape index (κ3) is 1.92. The molecule has 0 spiro atoms. The first-order valence-corrected chi connectivity index (χ1v) is 6.76. The highest BCUT2D eigenvalue weighted by atomic mass is 79.9. The van der Waals surface area contributed by atoms with E-state index in [2.05, 4.69) is 15.9 Å². The molecule has 1 aromatic carbocycles. The molecule has 6 heteroatoms. The van der Waals surface area contributed by atoms with Crippen LogP contribution >= 0.6 is 15.9 Å². The number of para-hydroxylation sites is 1. The fraction of sp³-hybridized carbons (Fsp3) is 0.143. The summed E-state index contributed by atoms with van der Waals surface area (Å²) in [6, 6.07) is 7.84. The van der Waals surface area contributed by atoms with Crippen molar-refractivity contribution in [3.63, 3.8) is 0 Å². The Kier molecular flexibility index (Phi) is 3.10. The van der Waals surface area contributed by atoms with Crippen molar-refractivity contribution in [1.29, 1.82) is 0 Å². The Morgan fingerprint density at radius 1 is 1.30 bits per heavy atom. The smallest absolute Gasteiger partial charge is 0.327 e. The van der Waals surface area contributed by atoms with Crippen molar-refractivity contribution in [3.05, 3.63) is 52.4 Å². The second-order valence-corrected chi connectivity index (χ2v) is 5.19. The third-order valence-electron chi connectivity index (χ3n) is 3.33. The molecule has 3 rings (SSSR count). The summed E-state index contributed by atoms with van der Waals surface area (Å²) in [5, 5.41) is 9.34. The summed E-state index contributed by atoms with van der Waals surface area (Å²) in [5.41, 5.74) is 1.80. The molecule has 2 aromatic rings. The average molecular weight is 336 g/mol. The monoisotopic (exact) mass is 335 g/mol. The molecule has 0 unspecified atom stereocenters. The first-order chi connectivity index (χ1) is 9.59. The molecule has 1 aliphatic heterocycles. The van der Waals surface area contributed by atoms with Crippen LogP contribution in [0.1, 0.15) is 15.9 Å². The van der Waals surface area contributed by atoms with Gasteiger partial charge in [-0.05, 0) is 33.6 Å². The van der Waals surface area contributed by atoms with Gasteiger partial charge < -0.3 is 9.52 Å². The maximum absolute atomic E-state index is 12.6. The van der Waals surface area contributed by atoms with Gasteiger partial charge in [0.05, 0.1) is 11.8 Å². The first kappa shape index (κ1) is 12.9. The molecule has 5 nitrogen and oxygen atoms in total. The quantitative estimate of drug-likeness (QED) is 0.915. The number of hydrogen-bond donors (Lipinski definition) is 1. The van der Waals surface area contributed by atoms with Crippen molar-refractivity contribution < 1.29 is 19.1 Å². The molecular weight excluding hydrogens is 326 g/mol. The minimum absolute atomic E-state index is 0.302. The predicted octanol–water partition coefficient (Wildman–Crippen LogP) is 2.70. The normalized spacial score (nSPS) is 17.1. The van der Waals surface area contributed by atoms with Crippen LogP contribution in [0.15, 0.2) is 45.7 Å². The van der Waals surface area contributed by atoms with E-state index in [1.165, 1.54) is 17.2 Å². The van der Waals surface area contributed by atoms with Gasteiger partial charge >= 0.3 is 5.97 Å². The highest BCUT2D eigenvalue weighted by Crippen LogP contribution is 2.34. The van der Waals surface area contributed by atoms with Crippen molar-refractivity contribution in [3.8, 4) is 0 Å². The molecule has 0 saturated heterocycles. The molecule has 102 valence electrons. The van der Waals surface area contributed by atoms with Crippen LogP contribution in [0, 0.1) is 0 Å². The zero-order chi connectivity index (χ0) is 14.3. The van der Waals surface area contributed by atoms with E-state index >= 15 is 0 Å². The molecular formula is C14H10BrNO4. The number of nitrogens with zero attached hydrogens (tertiary/aromatic N) is 1. The Bertz CT molecular complexity index is 694. The fourth-order valence-corrected chi connectivity index (χ4v) is 2.82. The van der Waals surface area contributed by atoms with Gasteiger partial charge in [-0.3, -0.25) is 9.69 Å². The van der Waals surface area contributed by atoms with Gasteiger partial charge in [0.1, 0.15) is 6.04 Å². The Labute approximate surface area is 122 Å². The van der Waals surface area contributed by atoms with Crippen molar-refractivity contribution in [2.45, 2.75) is 12.5 Å². The molecule has 0 radical (unpaired) electrons. The number of amides is 1. The highest BCUT2D eigenvalue weighted by molar-refractivity contribution is 9.10. The maximum Gasteiger partial charge on any atom is 0.327 e. The lowest BCUT2D eigenvalue weighted by Gasteiger charge is -2.22. The Morgan fingerprint density at radius 3 is 2.70 bits per heavy atom. The molecule has 0 fully saturated rings. The van der Waals surface area contributed by atoms with Crippen LogP contribution in [0.25, 0.3) is 0 Å². The molecule has 2 heterocycles. The number of carboxylic acid groups (broad SMARTS) is 1. The number of rotatable bonds is 2. The predicted molar refractivity (Wildman–Crippen MR) is 74.8 cm³/mol. The SMILES string of the molecule is O=C(O)[C@@H]1Cc2ccccc2N1C(=O)c1ccoc1Br. The van der Waals surface area contributed by atoms with Crippen molar-refractivity contribution in [2.24, 2.45) is 0 Å². The van der Waals surface area contributed by atoms with Gasteiger partial charge in [0.15, 0.2) is 4.67 Å². The molecule has 0 bridgehead atoms. The second-order valence-electron chi connectivity index (χ2n) is 4.47. The van der Waals surface area contributed by atoms with E-state index in [0.29, 0.717) is 22.3 Å². The number of aliphatic carboxylic acids is 1. The zero-order valence-corrected chi connectivity index (χ0v) is 11.8. The number of halogens is 1. The van der Waals surface area contributed by atoms with Gasteiger partial charge in [-0.15, -0.1) is 0 Å². The lowest BCUT2D eigenvalue weighted by atomic mass is 10.1. The number of carboxylic acids is 1. The number of hydrogen-bond acceptors (Lipinski definition) is 3. The van der Waals surface area contributed by atoms with Crippen LogP contribution in [-0.2, 0) is 11.2 Å². The number of fused-ring (bicyclic) bond motifs is 1. The Morgan fingerprint density at radius 2 is 2.05 bits per heavy atom. The topological polar surface area (TPSA) is 70.8 Å². The molecule has 20 heavy (non-hydrogen) atoms. The van der Waals surface area contributed by atoms with Crippen molar-refractivity contribution >= 4 is 33.5 Å². The summed E-state index contributed by atoms with van der Waals surface area (Å²) >= 11 is 3.15. The minimum atomic E-state index is -1.02. The van der Waals surface area contributed by atoms with E-state index in [1.54, 1.807) is 12.1 Å². The number of benzene rings is 1. The maximum atomic E-state index is 12.6. The van der Waals surface area contributed by atoms with Crippen molar-refractivity contribution in [1.82, 2.24) is 0 Å². The van der Waals surface area contributed by atoms with Crippen LogP contribution in [0.4, 0.5) is 5.69 Å². The summed E-state index contributed by atoms with van der Waals surface area (Å²) in [5.74, 6) is -1.41. The van der Waals surface area contributed by atoms with Gasteiger partial charge in [0.25, 0.3) is 5.91 Å². The van der Waals surface area contributed by atoms with Crippen molar-refractivity contribution in [2.75, 3.05) is 4.90 Å². The molecule has 0 aliphatic carbocycles. The van der Waals surface area contributed by atoms with Crippen LogP contribution in [-0.4, -0.2) is 23.0 Å². The molecule has 0 saturated carbocycles. The molecule has 1 atom stereocenters. The highest BCUT2D eigenvalue weighted by Gasteiger charge is 2.39. The molecule has 1 aliphatic rings. The Balaban J connectivity index is 2.07. The number of anilines is 1. The summed E-state index contributed by atoms with van der Waals surface area (Å²) in [7, 11) is 0. The average Bonchev–Trinajstić information content (AvgIpc) is 3.01. The first-order valence-electron chi connectivity index (χ1n) is 5.97. The number of furan rings is 1. The van der Waals surface area contributed by atoms with Gasteiger partial charge in [0.2, 0.25) is 0 Å². The van der Waals surface area contributed by atoms with E-state index < -0.39 is 12.0 Å². The summed E-state index contributed by atoms with van der Waals surface area (Å²) in [6.45, 7) is 0. The molecule has 1 aromatic heterocycles. The molecule has 1 N–H and O–H groups in total. The van der Waals surface area contributed by atoms with Gasteiger partial charge in [-0.25, -0.2) is 4.79 Å². The largest absolute Gasteiger partial charge is 0.480 e.